The summed E-state index contributed by atoms with van der Waals surface area (Å²) < 4.78 is 13.6. The predicted molar refractivity (Wildman–Crippen MR) is 94.2 cm³/mol. The van der Waals surface area contributed by atoms with Crippen molar-refractivity contribution in [3.63, 3.8) is 0 Å². The Hall–Kier alpha value is -1.70. The van der Waals surface area contributed by atoms with E-state index in [0.717, 1.165) is 6.07 Å². The number of hydrogen-bond donors (Lipinski definition) is 3. The molecule has 1 aromatic rings. The molecule has 0 aliphatic carbocycles. The smallest absolute Gasteiger partial charge is 0.270 e. The largest absolute Gasteiger partial charge is 0.364 e. The molecule has 2 rings (SSSR count). The number of hydrazine groups is 1. The highest BCUT2D eigenvalue weighted by atomic mass is 35.5. The van der Waals surface area contributed by atoms with Crippen LogP contribution in [-0.4, -0.2) is 28.7 Å². The molecule has 1 atom stereocenters. The molecule has 1 unspecified atom stereocenters. The van der Waals surface area contributed by atoms with Crippen LogP contribution in [0.5, 0.6) is 0 Å². The van der Waals surface area contributed by atoms with E-state index in [1.54, 1.807) is 13.1 Å². The van der Waals surface area contributed by atoms with Crippen molar-refractivity contribution in [3.05, 3.63) is 41.2 Å². The van der Waals surface area contributed by atoms with E-state index in [9.17, 15) is 9.18 Å². The van der Waals surface area contributed by atoms with E-state index in [1.165, 1.54) is 12.1 Å². The van der Waals surface area contributed by atoms with E-state index < -0.39 is 17.2 Å². The van der Waals surface area contributed by atoms with Crippen molar-refractivity contribution < 1.29 is 9.18 Å². The molecule has 5 nitrogen and oxygen atoms in total. The van der Waals surface area contributed by atoms with Gasteiger partial charge in [0.1, 0.15) is 16.5 Å². The lowest BCUT2D eigenvalue weighted by molar-refractivity contribution is 0.0943. The maximum atomic E-state index is 13.6. The first-order valence-corrected chi connectivity index (χ1v) is 7.79. The second-order valence-corrected chi connectivity index (χ2v) is 5.91. The number of allylic oxidation sites excluding steroid dienone is 1. The summed E-state index contributed by atoms with van der Waals surface area (Å²) >= 11 is 16.8. The minimum atomic E-state index is -0.539. The van der Waals surface area contributed by atoms with E-state index in [2.05, 4.69) is 21.2 Å². The van der Waals surface area contributed by atoms with Crippen LogP contribution in [0.1, 0.15) is 22.3 Å². The molecule has 122 valence electrons. The average molecular weight is 375 g/mol. The molecule has 0 bridgehead atoms. The molecule has 1 aliphatic heterocycles. The Balaban J connectivity index is 2.33. The van der Waals surface area contributed by atoms with Crippen molar-refractivity contribution in [2.45, 2.75) is 11.9 Å². The first-order chi connectivity index (χ1) is 10.9. The highest BCUT2D eigenvalue weighted by Gasteiger charge is 2.20. The number of amides is 1. The quantitative estimate of drug-likeness (QED) is 0.322. The fourth-order valence-electron chi connectivity index (χ4n) is 2.02. The van der Waals surface area contributed by atoms with Gasteiger partial charge in [-0.05, 0) is 41.6 Å². The maximum Gasteiger partial charge on any atom is 0.270 e. The molecule has 0 saturated carbocycles. The van der Waals surface area contributed by atoms with Crippen LogP contribution in [0.2, 0.25) is 0 Å². The third kappa shape index (κ3) is 4.63. The number of aliphatic imine (C=N–C) groups is 1. The Morgan fingerprint density at radius 3 is 2.83 bits per heavy atom. The zero-order valence-electron chi connectivity index (χ0n) is 12.0. The summed E-state index contributed by atoms with van der Waals surface area (Å²) in [5, 5.41) is 3.10. The molecule has 1 aliphatic rings. The van der Waals surface area contributed by atoms with Crippen LogP contribution in [0, 0.1) is 5.82 Å². The lowest BCUT2D eigenvalue weighted by Gasteiger charge is -2.18. The molecular weight excluding hydrogens is 362 g/mol. The number of thiocarbonyl (C=S) groups is 1. The van der Waals surface area contributed by atoms with Crippen molar-refractivity contribution in [1.82, 2.24) is 16.2 Å². The third-order valence-corrected chi connectivity index (χ3v) is 3.80. The molecule has 1 aromatic carbocycles. The van der Waals surface area contributed by atoms with Crippen LogP contribution in [0.4, 0.5) is 4.39 Å². The zero-order valence-corrected chi connectivity index (χ0v) is 14.3. The van der Waals surface area contributed by atoms with Gasteiger partial charge in [-0.1, -0.05) is 29.3 Å². The molecular formula is C14H13Cl2FN4OS. The second-order valence-electron chi connectivity index (χ2n) is 4.61. The molecule has 0 spiro atoms. The van der Waals surface area contributed by atoms with Gasteiger partial charge in [0.15, 0.2) is 5.11 Å². The number of carbonyl (C=O) groups excluding carboxylic acids is 1. The molecule has 9 heteroatoms. The van der Waals surface area contributed by atoms with Crippen LogP contribution in [0.15, 0.2) is 29.3 Å². The standard InChI is InChI=1S/C14H13Cl2FN4OS/c1-18-14(23)21-20-13(22)10-6-8(17)2-3-9(10)7-4-11(15)19-12(16)5-7/h2-4,6,12H,5H2,1H3,(H,20,22)(H2,18,21,23). The maximum absolute atomic E-state index is 13.6. The minimum absolute atomic E-state index is 0.137. The van der Waals surface area contributed by atoms with Gasteiger partial charge >= 0.3 is 0 Å². The Kier molecular flexibility index (Phi) is 5.92. The molecule has 0 radical (unpaired) electrons. The van der Waals surface area contributed by atoms with Crippen LogP contribution in [0.3, 0.4) is 0 Å². The predicted octanol–water partition coefficient (Wildman–Crippen LogP) is 2.55. The van der Waals surface area contributed by atoms with E-state index in [4.69, 9.17) is 35.4 Å². The van der Waals surface area contributed by atoms with Crippen molar-refractivity contribution in [2.75, 3.05) is 7.05 Å². The number of halogens is 3. The van der Waals surface area contributed by atoms with E-state index >= 15 is 0 Å². The zero-order chi connectivity index (χ0) is 17.0. The number of rotatable bonds is 2. The van der Waals surface area contributed by atoms with Crippen molar-refractivity contribution in [2.24, 2.45) is 4.99 Å². The number of hydrogen-bond acceptors (Lipinski definition) is 3. The Morgan fingerprint density at radius 1 is 1.43 bits per heavy atom. The lowest BCUT2D eigenvalue weighted by Crippen LogP contribution is -2.45. The SMILES string of the molecule is CNC(=S)NNC(=O)c1cc(F)ccc1C1=CC(Cl)=NC(Cl)C1. The van der Waals surface area contributed by atoms with Gasteiger partial charge in [-0.15, -0.1) is 0 Å². The Morgan fingerprint density at radius 2 is 2.17 bits per heavy atom. The van der Waals surface area contributed by atoms with Crippen LogP contribution >= 0.6 is 35.4 Å². The number of dihydropyridines is 1. The summed E-state index contributed by atoms with van der Waals surface area (Å²) in [6, 6.07) is 3.91. The highest BCUT2D eigenvalue weighted by molar-refractivity contribution is 7.80. The molecule has 0 fully saturated rings. The monoisotopic (exact) mass is 374 g/mol. The van der Waals surface area contributed by atoms with Gasteiger partial charge in [-0.2, -0.15) is 0 Å². The molecule has 0 saturated heterocycles. The van der Waals surface area contributed by atoms with Gasteiger partial charge in [0.25, 0.3) is 5.91 Å². The summed E-state index contributed by atoms with van der Waals surface area (Å²) in [5.41, 5.74) is 5.73. The fraction of sp³-hybridized carbons (Fsp3) is 0.214. The van der Waals surface area contributed by atoms with E-state index in [-0.39, 0.29) is 15.8 Å². The van der Waals surface area contributed by atoms with Gasteiger partial charge in [0.2, 0.25) is 0 Å². The number of alkyl halides is 1. The second kappa shape index (κ2) is 7.72. The van der Waals surface area contributed by atoms with Gasteiger partial charge in [0, 0.05) is 13.5 Å². The fourth-order valence-corrected chi connectivity index (χ4v) is 2.64. The molecule has 3 N–H and O–H groups in total. The van der Waals surface area contributed by atoms with E-state index in [1.807, 2.05) is 0 Å². The summed E-state index contributed by atoms with van der Waals surface area (Å²) in [6.45, 7) is 0. The van der Waals surface area contributed by atoms with Gasteiger partial charge in [0.05, 0.1) is 5.56 Å². The third-order valence-electron chi connectivity index (χ3n) is 3.03. The van der Waals surface area contributed by atoms with Crippen LogP contribution < -0.4 is 16.2 Å². The van der Waals surface area contributed by atoms with Crippen molar-refractivity contribution >= 4 is 57.2 Å². The highest BCUT2D eigenvalue weighted by Crippen LogP contribution is 2.30. The first kappa shape index (κ1) is 17.7. The van der Waals surface area contributed by atoms with Crippen LogP contribution in [-0.2, 0) is 0 Å². The Bertz CT molecular complexity index is 708. The van der Waals surface area contributed by atoms with Crippen LogP contribution in [0.25, 0.3) is 5.57 Å². The van der Waals surface area contributed by atoms with Gasteiger partial charge in [-0.25, -0.2) is 4.39 Å². The average Bonchev–Trinajstić information content (AvgIpc) is 2.51. The summed E-state index contributed by atoms with van der Waals surface area (Å²) in [7, 11) is 1.60. The Labute approximate surface area is 147 Å². The van der Waals surface area contributed by atoms with E-state index in [0.29, 0.717) is 17.6 Å². The summed E-state index contributed by atoms with van der Waals surface area (Å²) in [4.78, 5) is 16.3. The normalized spacial score (nSPS) is 17.0. The topological polar surface area (TPSA) is 65.5 Å². The number of nitrogens with zero attached hydrogens (tertiary/aromatic N) is 1. The number of benzene rings is 1. The summed E-state index contributed by atoms with van der Waals surface area (Å²) in [6.07, 6.45) is 1.99. The first-order valence-electron chi connectivity index (χ1n) is 6.56. The minimum Gasteiger partial charge on any atom is -0.364 e. The van der Waals surface area contributed by atoms with Gasteiger partial charge < -0.3 is 5.32 Å². The molecule has 1 amide bonds. The van der Waals surface area contributed by atoms with Crippen molar-refractivity contribution in [3.8, 4) is 0 Å². The molecule has 1 heterocycles. The lowest BCUT2D eigenvalue weighted by atomic mass is 9.95. The number of carbonyl (C=O) groups is 1. The summed E-state index contributed by atoms with van der Waals surface area (Å²) in [5.74, 6) is -1.07. The number of nitrogens with one attached hydrogen (secondary N) is 3. The molecule has 0 aromatic heterocycles. The van der Waals surface area contributed by atoms with Crippen molar-refractivity contribution in [1.29, 1.82) is 0 Å². The molecule has 23 heavy (non-hydrogen) atoms. The van der Waals surface area contributed by atoms with Gasteiger partial charge in [-0.3, -0.25) is 20.6 Å².